The molecule has 6 nitrogen and oxygen atoms in total. The third-order valence-electron chi connectivity index (χ3n) is 4.54. The van der Waals surface area contributed by atoms with Gasteiger partial charge in [-0.25, -0.2) is 13.4 Å². The van der Waals surface area contributed by atoms with Gasteiger partial charge in [0, 0.05) is 18.0 Å². The van der Waals surface area contributed by atoms with Crippen molar-refractivity contribution < 1.29 is 17.9 Å². The van der Waals surface area contributed by atoms with Gasteiger partial charge in [-0.3, -0.25) is 9.10 Å². The Morgan fingerprint density at radius 1 is 1.07 bits per heavy atom. The van der Waals surface area contributed by atoms with Gasteiger partial charge in [-0.2, -0.15) is 0 Å². The molecule has 0 unspecified atom stereocenters. The van der Waals surface area contributed by atoms with Gasteiger partial charge in [-0.1, -0.05) is 18.2 Å². The van der Waals surface area contributed by atoms with Gasteiger partial charge in [-0.05, 0) is 42.5 Å². The summed E-state index contributed by atoms with van der Waals surface area (Å²) in [6.45, 7) is 0. The Balaban J connectivity index is 1.84. The lowest BCUT2D eigenvalue weighted by molar-refractivity contribution is 0.101. The van der Waals surface area contributed by atoms with Crippen LogP contribution in [0.2, 0.25) is 0 Å². The maximum Gasteiger partial charge on any atom is 0.264 e. The van der Waals surface area contributed by atoms with E-state index in [-0.39, 0.29) is 21.9 Å². The highest BCUT2D eigenvalue weighted by atomic mass is 32.2. The van der Waals surface area contributed by atoms with Gasteiger partial charge in [0.15, 0.2) is 0 Å². The number of sulfonamides is 1. The normalized spacial score (nSPS) is 17.2. The van der Waals surface area contributed by atoms with Crippen LogP contribution in [0.3, 0.4) is 0 Å². The standard InChI is InChI=1S/C20H16N2O4S/c1-22-18(20(23)16-5-3-4-6-19(16)27(22,24)25)12-14-8-7-13-11-15(26-2)9-10-17(13)21-14/h3-12H,1-2H3. The SMILES string of the molecule is COc1ccc2nc(C=C3C(=O)c4ccccc4S(=O)(=O)N3C)ccc2c1. The minimum Gasteiger partial charge on any atom is -0.497 e. The summed E-state index contributed by atoms with van der Waals surface area (Å²) in [5.41, 5.74) is 1.46. The van der Waals surface area contributed by atoms with Crippen LogP contribution in [0.15, 0.2) is 65.2 Å². The molecule has 0 aliphatic carbocycles. The molecule has 136 valence electrons. The van der Waals surface area contributed by atoms with Crippen molar-refractivity contribution in [1.29, 1.82) is 0 Å². The highest BCUT2D eigenvalue weighted by Crippen LogP contribution is 2.31. The predicted molar refractivity (Wildman–Crippen MR) is 102 cm³/mol. The third kappa shape index (κ3) is 2.76. The lowest BCUT2D eigenvalue weighted by Gasteiger charge is -2.27. The van der Waals surface area contributed by atoms with Gasteiger partial charge < -0.3 is 4.74 Å². The summed E-state index contributed by atoms with van der Waals surface area (Å²) in [5.74, 6) is 0.375. The van der Waals surface area contributed by atoms with Crippen molar-refractivity contribution >= 4 is 32.8 Å². The zero-order valence-electron chi connectivity index (χ0n) is 14.7. The molecule has 4 rings (SSSR count). The van der Waals surface area contributed by atoms with Crippen LogP contribution in [0.5, 0.6) is 5.75 Å². The smallest absolute Gasteiger partial charge is 0.264 e. The van der Waals surface area contributed by atoms with Crippen LogP contribution in [0.25, 0.3) is 17.0 Å². The number of aromatic nitrogens is 1. The monoisotopic (exact) mass is 380 g/mol. The van der Waals surface area contributed by atoms with Crippen molar-refractivity contribution in [2.75, 3.05) is 14.2 Å². The van der Waals surface area contributed by atoms with Gasteiger partial charge >= 0.3 is 0 Å². The maximum atomic E-state index is 12.8. The molecule has 0 spiro atoms. The number of carbonyl (C=O) groups excluding carboxylic acids is 1. The van der Waals surface area contributed by atoms with E-state index in [2.05, 4.69) is 4.98 Å². The molecule has 1 aliphatic rings. The molecule has 27 heavy (non-hydrogen) atoms. The first-order chi connectivity index (χ1) is 12.9. The number of rotatable bonds is 2. The average molecular weight is 380 g/mol. The van der Waals surface area contributed by atoms with Gasteiger partial charge in [0.25, 0.3) is 10.0 Å². The minimum atomic E-state index is -3.77. The maximum absolute atomic E-state index is 12.8. The minimum absolute atomic E-state index is 0.0215. The second-order valence-electron chi connectivity index (χ2n) is 6.12. The highest BCUT2D eigenvalue weighted by Gasteiger charge is 2.36. The number of benzene rings is 2. The summed E-state index contributed by atoms with van der Waals surface area (Å²) in [6, 6.07) is 15.3. The van der Waals surface area contributed by atoms with E-state index in [1.807, 2.05) is 18.2 Å². The molecule has 0 saturated heterocycles. The van der Waals surface area contributed by atoms with Crippen LogP contribution in [-0.2, 0) is 10.0 Å². The Labute approximate surface area is 156 Å². The molecule has 3 aromatic rings. The van der Waals surface area contributed by atoms with E-state index in [4.69, 9.17) is 4.74 Å². The molecule has 0 radical (unpaired) electrons. The molecular weight excluding hydrogens is 364 g/mol. The lowest BCUT2D eigenvalue weighted by atomic mass is 10.1. The highest BCUT2D eigenvalue weighted by molar-refractivity contribution is 7.89. The molecule has 0 amide bonds. The van der Waals surface area contributed by atoms with E-state index in [0.717, 1.165) is 21.0 Å². The first-order valence-electron chi connectivity index (χ1n) is 8.21. The fraction of sp³-hybridized carbons (Fsp3) is 0.100. The topological polar surface area (TPSA) is 76.6 Å². The number of likely N-dealkylation sites (N-methyl/N-ethyl adjacent to an activating group) is 1. The fourth-order valence-electron chi connectivity index (χ4n) is 3.06. The number of Topliss-reactive ketones (excluding diaryl/α,β-unsaturated/α-hetero) is 1. The number of hydrogen-bond donors (Lipinski definition) is 0. The van der Waals surface area contributed by atoms with Gasteiger partial charge in [0.1, 0.15) is 11.4 Å². The average Bonchev–Trinajstić information content (AvgIpc) is 2.69. The number of carbonyl (C=O) groups is 1. The van der Waals surface area contributed by atoms with Crippen LogP contribution < -0.4 is 4.74 Å². The second-order valence-corrected chi connectivity index (χ2v) is 8.06. The molecule has 0 saturated carbocycles. The number of allylic oxidation sites excluding steroid dienone is 1. The molecular formula is C20H16N2O4S. The van der Waals surface area contributed by atoms with Gasteiger partial charge in [0.2, 0.25) is 5.78 Å². The van der Waals surface area contributed by atoms with E-state index in [0.29, 0.717) is 5.69 Å². The Morgan fingerprint density at radius 3 is 2.63 bits per heavy atom. The Kier molecular flexibility index (Phi) is 3.96. The Morgan fingerprint density at radius 2 is 1.85 bits per heavy atom. The summed E-state index contributed by atoms with van der Waals surface area (Å²) in [6.07, 6.45) is 1.50. The van der Waals surface area contributed by atoms with Crippen LogP contribution in [0, 0.1) is 0 Å². The molecule has 0 atom stereocenters. The lowest BCUT2D eigenvalue weighted by Crippen LogP contribution is -2.36. The largest absolute Gasteiger partial charge is 0.497 e. The van der Waals surface area contributed by atoms with Gasteiger partial charge in [-0.15, -0.1) is 0 Å². The van der Waals surface area contributed by atoms with Crippen molar-refractivity contribution in [3.63, 3.8) is 0 Å². The van der Waals surface area contributed by atoms with E-state index >= 15 is 0 Å². The van der Waals surface area contributed by atoms with Crippen molar-refractivity contribution in [2.24, 2.45) is 0 Å². The predicted octanol–water partition coefficient (Wildman–Crippen LogP) is 3.10. The molecule has 0 fully saturated rings. The number of ether oxygens (including phenoxy) is 1. The molecule has 7 heteroatoms. The van der Waals surface area contributed by atoms with Crippen molar-refractivity contribution in [1.82, 2.24) is 9.29 Å². The van der Waals surface area contributed by atoms with Crippen LogP contribution in [0.4, 0.5) is 0 Å². The zero-order valence-corrected chi connectivity index (χ0v) is 15.5. The number of ketones is 1. The summed E-state index contributed by atoms with van der Waals surface area (Å²) >= 11 is 0. The van der Waals surface area contributed by atoms with Gasteiger partial charge in [0.05, 0.1) is 23.2 Å². The summed E-state index contributed by atoms with van der Waals surface area (Å²) < 4.78 is 31.7. The molecule has 1 aliphatic heterocycles. The third-order valence-corrected chi connectivity index (χ3v) is 6.37. The first-order valence-corrected chi connectivity index (χ1v) is 9.65. The zero-order chi connectivity index (χ0) is 19.2. The summed E-state index contributed by atoms with van der Waals surface area (Å²) in [7, 11) is -0.805. The van der Waals surface area contributed by atoms with E-state index in [1.165, 1.54) is 25.3 Å². The number of nitrogens with zero attached hydrogens (tertiary/aromatic N) is 2. The van der Waals surface area contributed by atoms with Crippen molar-refractivity contribution in [3.8, 4) is 5.75 Å². The second kappa shape index (κ2) is 6.21. The van der Waals surface area contributed by atoms with Crippen LogP contribution in [0.1, 0.15) is 16.1 Å². The van der Waals surface area contributed by atoms with E-state index < -0.39 is 10.0 Å². The van der Waals surface area contributed by atoms with Crippen LogP contribution >= 0.6 is 0 Å². The summed E-state index contributed by atoms with van der Waals surface area (Å²) in [5, 5.41) is 0.887. The van der Waals surface area contributed by atoms with E-state index in [9.17, 15) is 13.2 Å². The van der Waals surface area contributed by atoms with Crippen LogP contribution in [-0.4, -0.2) is 37.6 Å². The van der Waals surface area contributed by atoms with E-state index in [1.54, 1.807) is 31.4 Å². The molecule has 2 aromatic carbocycles. The van der Waals surface area contributed by atoms with Crippen molar-refractivity contribution in [3.05, 3.63) is 71.6 Å². The number of methoxy groups -OCH3 is 1. The molecule has 0 bridgehead atoms. The number of fused-ring (bicyclic) bond motifs is 2. The quantitative estimate of drug-likeness (QED) is 0.639. The number of pyridine rings is 1. The number of hydrogen-bond acceptors (Lipinski definition) is 5. The first kappa shape index (κ1) is 17.2. The van der Waals surface area contributed by atoms with Crippen molar-refractivity contribution in [2.45, 2.75) is 4.90 Å². The summed E-state index contributed by atoms with van der Waals surface area (Å²) in [4.78, 5) is 17.4. The molecule has 2 heterocycles. The fourth-order valence-corrected chi connectivity index (χ4v) is 4.44. The molecule has 1 aromatic heterocycles. The Hall–Kier alpha value is -3.19. The Bertz CT molecular complexity index is 1220. The molecule has 0 N–H and O–H groups in total.